The van der Waals surface area contributed by atoms with Crippen LogP contribution >= 0.6 is 15.9 Å². The molecule has 0 radical (unpaired) electrons. The fourth-order valence-electron chi connectivity index (χ4n) is 1.86. The molecule has 0 heterocycles. The first kappa shape index (κ1) is 10.6. The van der Waals surface area contributed by atoms with Crippen molar-refractivity contribution in [1.29, 1.82) is 5.26 Å². The van der Waals surface area contributed by atoms with Crippen LogP contribution in [-0.4, -0.2) is 0 Å². The summed E-state index contributed by atoms with van der Waals surface area (Å²) in [5.74, 6) is -1.03. The standard InChI is InChI=1S/C11H8BrF2N/c12-8-5-9(13)7(4-10(8)14)11(6-15)2-1-3-11/h4-5H,1-3H2. The van der Waals surface area contributed by atoms with Gasteiger partial charge in [0.15, 0.2) is 0 Å². The zero-order chi connectivity index (χ0) is 11.1. The monoisotopic (exact) mass is 271 g/mol. The highest BCUT2D eigenvalue weighted by Crippen LogP contribution is 2.44. The molecule has 0 amide bonds. The van der Waals surface area contributed by atoms with Crippen LogP contribution in [0.5, 0.6) is 0 Å². The Kier molecular flexibility index (Phi) is 2.51. The summed E-state index contributed by atoms with van der Waals surface area (Å²) in [5.41, 5.74) is -0.608. The minimum atomic E-state index is -0.800. The maximum absolute atomic E-state index is 13.6. The molecule has 0 saturated heterocycles. The molecule has 1 aliphatic carbocycles. The van der Waals surface area contributed by atoms with Crippen molar-refractivity contribution < 1.29 is 8.78 Å². The molecule has 1 saturated carbocycles. The zero-order valence-electron chi connectivity index (χ0n) is 7.86. The van der Waals surface area contributed by atoms with Gasteiger partial charge in [-0.25, -0.2) is 8.78 Å². The largest absolute Gasteiger partial charge is 0.207 e. The SMILES string of the molecule is N#CC1(c2cc(F)c(Br)cc2F)CCC1. The molecule has 78 valence electrons. The van der Waals surface area contributed by atoms with Gasteiger partial charge in [-0.15, -0.1) is 0 Å². The van der Waals surface area contributed by atoms with E-state index in [1.54, 1.807) is 0 Å². The second kappa shape index (κ2) is 3.57. The van der Waals surface area contributed by atoms with Crippen LogP contribution in [0.1, 0.15) is 24.8 Å². The van der Waals surface area contributed by atoms with Crippen LogP contribution in [0.25, 0.3) is 0 Å². The van der Waals surface area contributed by atoms with Gasteiger partial charge in [0.1, 0.15) is 11.6 Å². The number of hydrogen-bond acceptors (Lipinski definition) is 1. The van der Waals surface area contributed by atoms with Crippen molar-refractivity contribution in [3.05, 3.63) is 33.8 Å². The van der Waals surface area contributed by atoms with Crippen molar-refractivity contribution in [3.63, 3.8) is 0 Å². The van der Waals surface area contributed by atoms with Crippen LogP contribution in [0.2, 0.25) is 0 Å². The Hall–Kier alpha value is -0.950. The number of benzene rings is 1. The van der Waals surface area contributed by atoms with E-state index in [0.717, 1.165) is 18.6 Å². The Morgan fingerprint density at radius 3 is 2.40 bits per heavy atom. The number of nitriles is 1. The van der Waals surface area contributed by atoms with Gasteiger partial charge in [0, 0.05) is 5.56 Å². The van der Waals surface area contributed by atoms with Crippen LogP contribution in [-0.2, 0) is 5.41 Å². The molecular weight excluding hydrogens is 264 g/mol. The first-order valence-corrected chi connectivity index (χ1v) is 5.45. The lowest BCUT2D eigenvalue weighted by Crippen LogP contribution is -2.33. The second-order valence-corrected chi connectivity index (χ2v) is 4.65. The van der Waals surface area contributed by atoms with E-state index in [1.807, 2.05) is 0 Å². The van der Waals surface area contributed by atoms with Gasteiger partial charge in [-0.3, -0.25) is 0 Å². The average molecular weight is 272 g/mol. The van der Waals surface area contributed by atoms with Gasteiger partial charge in [0.25, 0.3) is 0 Å². The Morgan fingerprint density at radius 1 is 1.27 bits per heavy atom. The Balaban J connectivity index is 2.54. The number of halogens is 3. The molecular formula is C11H8BrF2N. The lowest BCUT2D eigenvalue weighted by atomic mass is 9.65. The lowest BCUT2D eigenvalue weighted by molar-refractivity contribution is 0.311. The smallest absolute Gasteiger partial charge is 0.137 e. The van der Waals surface area contributed by atoms with Crippen LogP contribution in [0.4, 0.5) is 8.78 Å². The Bertz CT molecular complexity index is 447. The van der Waals surface area contributed by atoms with Gasteiger partial charge in [-0.2, -0.15) is 5.26 Å². The highest BCUT2D eigenvalue weighted by Gasteiger charge is 2.41. The molecule has 15 heavy (non-hydrogen) atoms. The van der Waals surface area contributed by atoms with Crippen molar-refractivity contribution in [2.75, 3.05) is 0 Å². The molecule has 2 rings (SSSR count). The van der Waals surface area contributed by atoms with Crippen molar-refractivity contribution in [2.24, 2.45) is 0 Å². The van der Waals surface area contributed by atoms with Crippen LogP contribution in [0.15, 0.2) is 16.6 Å². The molecule has 1 nitrogen and oxygen atoms in total. The molecule has 0 bridgehead atoms. The van der Waals surface area contributed by atoms with Gasteiger partial charge >= 0.3 is 0 Å². The summed E-state index contributed by atoms with van der Waals surface area (Å²) in [4.78, 5) is 0. The molecule has 0 atom stereocenters. The topological polar surface area (TPSA) is 23.8 Å². The van der Waals surface area contributed by atoms with Crippen molar-refractivity contribution >= 4 is 15.9 Å². The molecule has 1 aromatic rings. The second-order valence-electron chi connectivity index (χ2n) is 3.79. The number of hydrogen-bond donors (Lipinski definition) is 0. The van der Waals surface area contributed by atoms with Crippen LogP contribution < -0.4 is 0 Å². The van der Waals surface area contributed by atoms with E-state index in [4.69, 9.17) is 5.26 Å². The van der Waals surface area contributed by atoms with Crippen molar-refractivity contribution in [1.82, 2.24) is 0 Å². The highest BCUT2D eigenvalue weighted by atomic mass is 79.9. The molecule has 0 spiro atoms. The zero-order valence-corrected chi connectivity index (χ0v) is 9.44. The quantitative estimate of drug-likeness (QED) is 0.715. The third kappa shape index (κ3) is 1.55. The van der Waals surface area contributed by atoms with Gasteiger partial charge in [0.2, 0.25) is 0 Å². The fourth-order valence-corrected chi connectivity index (χ4v) is 2.18. The predicted molar refractivity (Wildman–Crippen MR) is 55.2 cm³/mol. The maximum atomic E-state index is 13.6. The Morgan fingerprint density at radius 2 is 1.93 bits per heavy atom. The normalized spacial score (nSPS) is 18.0. The van der Waals surface area contributed by atoms with Crippen LogP contribution in [0.3, 0.4) is 0 Å². The summed E-state index contributed by atoms with van der Waals surface area (Å²) in [6, 6.07) is 4.31. The van der Waals surface area contributed by atoms with Gasteiger partial charge in [-0.05, 0) is 47.3 Å². The van der Waals surface area contributed by atoms with Gasteiger partial charge in [0.05, 0.1) is 16.0 Å². The lowest BCUT2D eigenvalue weighted by Gasteiger charge is -2.35. The minimum Gasteiger partial charge on any atom is -0.207 e. The average Bonchev–Trinajstić information content (AvgIpc) is 2.12. The number of rotatable bonds is 1. The van der Waals surface area contributed by atoms with Gasteiger partial charge < -0.3 is 0 Å². The molecule has 0 unspecified atom stereocenters. The summed E-state index contributed by atoms with van der Waals surface area (Å²) >= 11 is 2.91. The third-order valence-electron chi connectivity index (χ3n) is 2.95. The summed E-state index contributed by atoms with van der Waals surface area (Å²) in [5, 5.41) is 9.02. The molecule has 0 N–H and O–H groups in total. The van der Waals surface area contributed by atoms with Crippen molar-refractivity contribution in [2.45, 2.75) is 24.7 Å². The summed E-state index contributed by atoms with van der Waals surface area (Å²) < 4.78 is 26.9. The molecule has 0 aliphatic heterocycles. The van der Waals surface area contributed by atoms with E-state index in [1.165, 1.54) is 0 Å². The predicted octanol–water partition coefficient (Wildman–Crippen LogP) is 3.67. The molecule has 1 fully saturated rings. The van der Waals surface area contributed by atoms with Gasteiger partial charge in [-0.1, -0.05) is 0 Å². The maximum Gasteiger partial charge on any atom is 0.137 e. The molecule has 1 aromatic carbocycles. The van der Waals surface area contributed by atoms with Crippen LogP contribution in [0, 0.1) is 23.0 Å². The van der Waals surface area contributed by atoms with E-state index >= 15 is 0 Å². The number of nitrogens with zero attached hydrogens (tertiary/aromatic N) is 1. The van der Waals surface area contributed by atoms with E-state index in [-0.39, 0.29) is 10.0 Å². The van der Waals surface area contributed by atoms with E-state index in [9.17, 15) is 8.78 Å². The highest BCUT2D eigenvalue weighted by molar-refractivity contribution is 9.10. The van der Waals surface area contributed by atoms with E-state index < -0.39 is 17.0 Å². The summed E-state index contributed by atoms with van der Waals surface area (Å²) in [6.07, 6.45) is 2.12. The first-order valence-electron chi connectivity index (χ1n) is 4.65. The molecule has 0 aromatic heterocycles. The summed E-state index contributed by atoms with van der Waals surface area (Å²) in [6.45, 7) is 0. The first-order chi connectivity index (χ1) is 7.09. The molecule has 1 aliphatic rings. The van der Waals surface area contributed by atoms with E-state index in [0.29, 0.717) is 12.8 Å². The fraction of sp³-hybridized carbons (Fsp3) is 0.364. The Labute approximate surface area is 94.8 Å². The molecule has 4 heteroatoms. The van der Waals surface area contributed by atoms with Crippen molar-refractivity contribution in [3.8, 4) is 6.07 Å². The van der Waals surface area contributed by atoms with E-state index in [2.05, 4.69) is 22.0 Å². The third-order valence-corrected chi connectivity index (χ3v) is 3.55. The minimum absolute atomic E-state index is 0.0937. The summed E-state index contributed by atoms with van der Waals surface area (Å²) in [7, 11) is 0.